The van der Waals surface area contributed by atoms with E-state index in [2.05, 4.69) is 90.2 Å². The van der Waals surface area contributed by atoms with E-state index >= 15 is 0 Å². The molecule has 1 aliphatic rings. The molecule has 1 aromatic heterocycles. The molecular weight excluding hydrogens is 442 g/mol. The number of benzene rings is 4. The molecule has 0 saturated carbocycles. The van der Waals surface area contributed by atoms with E-state index in [-0.39, 0.29) is 18.5 Å². The fourth-order valence-electron chi connectivity index (χ4n) is 5.05. The Hall–Kier alpha value is -3.11. The van der Waals surface area contributed by atoms with Crippen LogP contribution in [0.4, 0.5) is 0 Å². The Morgan fingerprint density at radius 1 is 0.765 bits per heavy atom. The van der Waals surface area contributed by atoms with Gasteiger partial charge in [-0.3, -0.25) is 0 Å². The average molecular weight is 470 g/mol. The van der Waals surface area contributed by atoms with Gasteiger partial charge in [-0.2, -0.15) is 0 Å². The molecule has 172 valence electrons. The van der Waals surface area contributed by atoms with Crippen molar-refractivity contribution in [2.45, 2.75) is 25.0 Å². The number of nitrogens with one attached hydrogen (secondary N) is 1. The van der Waals surface area contributed by atoms with Gasteiger partial charge in [-0.05, 0) is 35.7 Å². The summed E-state index contributed by atoms with van der Waals surface area (Å²) in [6, 6.07) is 34.0. The van der Waals surface area contributed by atoms with Crippen LogP contribution in [0, 0.1) is 0 Å². The Balaban J connectivity index is 0.00000241. The predicted octanol–water partition coefficient (Wildman–Crippen LogP) is 7.34. The Morgan fingerprint density at radius 3 is 2.35 bits per heavy atom. The average Bonchev–Trinajstić information content (AvgIpc) is 3.27. The van der Waals surface area contributed by atoms with Gasteiger partial charge in [-0.25, -0.2) is 0 Å². The molecule has 2 heterocycles. The van der Waals surface area contributed by atoms with E-state index < -0.39 is 0 Å². The van der Waals surface area contributed by atoms with Crippen molar-refractivity contribution < 1.29 is 9.15 Å². The molecule has 0 spiro atoms. The summed E-state index contributed by atoms with van der Waals surface area (Å²) in [5, 5.41) is 5.89. The molecular formula is C30H28ClNO2. The van der Waals surface area contributed by atoms with E-state index in [1.54, 1.807) is 0 Å². The molecule has 4 heteroatoms. The Kier molecular flexibility index (Phi) is 6.68. The third-order valence-corrected chi connectivity index (χ3v) is 6.79. The van der Waals surface area contributed by atoms with Gasteiger partial charge in [0, 0.05) is 28.8 Å². The zero-order valence-electron chi connectivity index (χ0n) is 18.9. The highest BCUT2D eigenvalue weighted by Gasteiger charge is 2.29. The largest absolute Gasteiger partial charge is 0.456 e. The summed E-state index contributed by atoms with van der Waals surface area (Å²) in [6.45, 7) is 2.45. The number of furan rings is 1. The molecule has 2 unspecified atom stereocenters. The summed E-state index contributed by atoms with van der Waals surface area (Å²) in [5.74, 6) is 0.305. The van der Waals surface area contributed by atoms with Gasteiger partial charge in [0.05, 0.1) is 12.7 Å². The molecule has 0 amide bonds. The number of ether oxygens (including phenoxy) is 1. The summed E-state index contributed by atoms with van der Waals surface area (Å²) in [6.07, 6.45) is 1.14. The zero-order chi connectivity index (χ0) is 22.0. The number of halogens is 1. The quantitative estimate of drug-likeness (QED) is 0.292. The minimum Gasteiger partial charge on any atom is -0.456 e. The van der Waals surface area contributed by atoms with Crippen LogP contribution in [0.2, 0.25) is 0 Å². The van der Waals surface area contributed by atoms with E-state index in [0.717, 1.165) is 30.7 Å². The summed E-state index contributed by atoms with van der Waals surface area (Å²) in [5.41, 5.74) is 6.88. The maximum atomic E-state index is 6.50. The molecule has 0 bridgehead atoms. The van der Waals surface area contributed by atoms with Gasteiger partial charge in [0.1, 0.15) is 11.2 Å². The second-order valence-corrected chi connectivity index (χ2v) is 8.83. The molecule has 1 fully saturated rings. The van der Waals surface area contributed by atoms with Gasteiger partial charge < -0.3 is 14.5 Å². The molecule has 1 aliphatic heterocycles. The number of hydrogen-bond acceptors (Lipinski definition) is 3. The lowest BCUT2D eigenvalue weighted by Gasteiger charge is -2.32. The predicted molar refractivity (Wildman–Crippen MR) is 142 cm³/mol. The fourth-order valence-corrected chi connectivity index (χ4v) is 5.05. The molecule has 0 radical (unpaired) electrons. The molecule has 3 nitrogen and oxygen atoms in total. The van der Waals surface area contributed by atoms with E-state index in [4.69, 9.17) is 9.15 Å². The molecule has 34 heavy (non-hydrogen) atoms. The Morgan fingerprint density at radius 2 is 1.50 bits per heavy atom. The van der Waals surface area contributed by atoms with E-state index in [0.29, 0.717) is 12.5 Å². The third kappa shape index (κ3) is 4.35. The minimum absolute atomic E-state index is 0. The van der Waals surface area contributed by atoms with Crippen molar-refractivity contribution >= 4 is 34.3 Å². The monoisotopic (exact) mass is 469 g/mol. The lowest BCUT2D eigenvalue weighted by atomic mass is 9.86. The Bertz CT molecular complexity index is 1380. The molecule has 5 aromatic rings. The van der Waals surface area contributed by atoms with Crippen molar-refractivity contribution in [2.75, 3.05) is 13.1 Å². The van der Waals surface area contributed by atoms with Crippen LogP contribution in [0.5, 0.6) is 0 Å². The first kappa shape index (κ1) is 22.7. The summed E-state index contributed by atoms with van der Waals surface area (Å²) in [4.78, 5) is 0. The van der Waals surface area contributed by atoms with Crippen LogP contribution in [0.3, 0.4) is 0 Å². The molecule has 6 rings (SSSR count). The third-order valence-electron chi connectivity index (χ3n) is 6.79. The van der Waals surface area contributed by atoms with Crippen molar-refractivity contribution in [1.82, 2.24) is 5.32 Å². The summed E-state index contributed by atoms with van der Waals surface area (Å²) < 4.78 is 12.8. The summed E-state index contributed by atoms with van der Waals surface area (Å²) in [7, 11) is 0. The van der Waals surface area contributed by atoms with Gasteiger partial charge >= 0.3 is 0 Å². The highest BCUT2D eigenvalue weighted by Crippen LogP contribution is 2.37. The van der Waals surface area contributed by atoms with Gasteiger partial charge in [0.2, 0.25) is 0 Å². The highest BCUT2D eigenvalue weighted by molar-refractivity contribution is 6.05. The van der Waals surface area contributed by atoms with Crippen molar-refractivity contribution in [1.29, 1.82) is 0 Å². The molecule has 1 N–H and O–H groups in total. The molecule has 2 atom stereocenters. The normalized spacial score (nSPS) is 18.1. The smallest absolute Gasteiger partial charge is 0.138 e. The fraction of sp³-hybridized carbons (Fsp3) is 0.200. The lowest BCUT2D eigenvalue weighted by Crippen LogP contribution is -2.41. The van der Waals surface area contributed by atoms with Crippen LogP contribution in [0.15, 0.2) is 101 Å². The SMILES string of the molecule is Cl.c1ccc(-c2ccc(COC3CNCCC3c3cccc4c3oc3ccccc34)cc2)cc1. The summed E-state index contributed by atoms with van der Waals surface area (Å²) >= 11 is 0. The number of fused-ring (bicyclic) bond motifs is 3. The van der Waals surface area contributed by atoms with Gasteiger partial charge in [-0.15, -0.1) is 12.4 Å². The number of hydrogen-bond donors (Lipinski definition) is 1. The maximum absolute atomic E-state index is 6.50. The lowest BCUT2D eigenvalue weighted by molar-refractivity contribution is 0.0107. The first-order chi connectivity index (χ1) is 16.4. The topological polar surface area (TPSA) is 34.4 Å². The van der Waals surface area contributed by atoms with E-state index in [1.165, 1.54) is 33.0 Å². The van der Waals surface area contributed by atoms with Gasteiger partial charge in [0.15, 0.2) is 0 Å². The molecule has 0 aliphatic carbocycles. The van der Waals surface area contributed by atoms with E-state index in [1.807, 2.05) is 12.1 Å². The molecule has 4 aromatic carbocycles. The first-order valence-electron chi connectivity index (χ1n) is 11.7. The van der Waals surface area contributed by atoms with Crippen LogP contribution in [-0.2, 0) is 11.3 Å². The van der Waals surface area contributed by atoms with Crippen LogP contribution < -0.4 is 5.32 Å². The Labute approximate surface area is 206 Å². The van der Waals surface area contributed by atoms with E-state index in [9.17, 15) is 0 Å². The van der Waals surface area contributed by atoms with Gasteiger partial charge in [-0.1, -0.05) is 91.0 Å². The van der Waals surface area contributed by atoms with Crippen LogP contribution >= 0.6 is 12.4 Å². The second-order valence-electron chi connectivity index (χ2n) is 8.83. The number of para-hydroxylation sites is 2. The first-order valence-corrected chi connectivity index (χ1v) is 11.7. The van der Waals surface area contributed by atoms with Crippen LogP contribution in [-0.4, -0.2) is 19.2 Å². The van der Waals surface area contributed by atoms with Crippen LogP contribution in [0.25, 0.3) is 33.1 Å². The van der Waals surface area contributed by atoms with Crippen molar-refractivity contribution in [3.8, 4) is 11.1 Å². The maximum Gasteiger partial charge on any atom is 0.138 e. The van der Waals surface area contributed by atoms with Crippen molar-refractivity contribution in [3.63, 3.8) is 0 Å². The van der Waals surface area contributed by atoms with Crippen molar-refractivity contribution in [2.24, 2.45) is 0 Å². The zero-order valence-corrected chi connectivity index (χ0v) is 19.8. The minimum atomic E-state index is 0. The number of rotatable bonds is 5. The highest BCUT2D eigenvalue weighted by atomic mass is 35.5. The standard InChI is InChI=1S/C30H27NO2.ClH/c1-2-7-22(8-3-1)23-15-13-21(14-16-23)20-32-29-19-31-18-17-25(29)27-11-6-10-26-24-9-4-5-12-28(24)33-30(26)27;/h1-16,25,29,31H,17-20H2;1H. The second kappa shape index (κ2) is 10.0. The molecule has 1 saturated heterocycles. The van der Waals surface area contributed by atoms with Gasteiger partial charge in [0.25, 0.3) is 0 Å². The number of piperidine rings is 1. The van der Waals surface area contributed by atoms with Crippen LogP contribution in [0.1, 0.15) is 23.5 Å². The van der Waals surface area contributed by atoms with Crippen molar-refractivity contribution in [3.05, 3.63) is 108 Å².